The molecule has 0 aromatic heterocycles. The van der Waals surface area contributed by atoms with Crippen molar-refractivity contribution in [3.8, 4) is 5.75 Å². The molecule has 1 aliphatic heterocycles. The van der Waals surface area contributed by atoms with Crippen molar-refractivity contribution in [3.63, 3.8) is 0 Å². The summed E-state index contributed by atoms with van der Waals surface area (Å²) < 4.78 is 10.5. The van der Waals surface area contributed by atoms with Crippen molar-refractivity contribution in [2.75, 3.05) is 34.4 Å². The predicted molar refractivity (Wildman–Crippen MR) is 81.9 cm³/mol. The minimum atomic E-state index is -0.957. The first-order chi connectivity index (χ1) is 10.6. The van der Waals surface area contributed by atoms with Crippen LogP contribution in [-0.4, -0.2) is 56.7 Å². The van der Waals surface area contributed by atoms with Crippen molar-refractivity contribution in [3.05, 3.63) is 29.8 Å². The zero-order valence-corrected chi connectivity index (χ0v) is 13.2. The second-order valence-electron chi connectivity index (χ2n) is 5.30. The molecule has 2 rings (SSSR count). The van der Waals surface area contributed by atoms with Gasteiger partial charge < -0.3 is 19.7 Å². The normalized spacial score (nSPS) is 20.8. The lowest BCUT2D eigenvalue weighted by Gasteiger charge is -2.36. The first-order valence-electron chi connectivity index (χ1n) is 7.27. The summed E-state index contributed by atoms with van der Waals surface area (Å²) in [7, 11) is 4.63. The Morgan fingerprint density at radius 2 is 2.05 bits per heavy atom. The van der Waals surface area contributed by atoms with Crippen LogP contribution in [0.2, 0.25) is 0 Å². The highest BCUT2D eigenvalue weighted by molar-refractivity contribution is 6.01. The smallest absolute Gasteiger partial charge is 0.258 e. The van der Waals surface area contributed by atoms with E-state index in [0.29, 0.717) is 24.3 Å². The lowest BCUT2D eigenvalue weighted by molar-refractivity contribution is -0.133. The van der Waals surface area contributed by atoms with Gasteiger partial charge in [-0.15, -0.1) is 0 Å². The van der Waals surface area contributed by atoms with Gasteiger partial charge in [0.05, 0.1) is 19.3 Å². The highest BCUT2D eigenvalue weighted by atomic mass is 16.5. The summed E-state index contributed by atoms with van der Waals surface area (Å²) in [6.07, 6.45) is 1.35. The van der Waals surface area contributed by atoms with E-state index >= 15 is 0 Å². The minimum Gasteiger partial charge on any atom is -0.496 e. The van der Waals surface area contributed by atoms with Gasteiger partial charge in [0.25, 0.3) is 5.91 Å². The highest BCUT2D eigenvalue weighted by Gasteiger charge is 2.49. The van der Waals surface area contributed by atoms with Gasteiger partial charge in [0.1, 0.15) is 11.3 Å². The van der Waals surface area contributed by atoms with Crippen LogP contribution in [-0.2, 0) is 9.53 Å². The van der Waals surface area contributed by atoms with E-state index < -0.39 is 5.54 Å². The fourth-order valence-electron chi connectivity index (χ4n) is 3.06. The predicted octanol–water partition coefficient (Wildman–Crippen LogP) is 1.06. The van der Waals surface area contributed by atoms with Crippen molar-refractivity contribution < 1.29 is 19.1 Å². The Hall–Kier alpha value is -2.08. The number of ether oxygens (including phenoxy) is 2. The molecule has 1 aromatic rings. The van der Waals surface area contributed by atoms with E-state index in [1.807, 2.05) is 0 Å². The number of nitrogens with one attached hydrogen (secondary N) is 1. The largest absolute Gasteiger partial charge is 0.496 e. The van der Waals surface area contributed by atoms with Crippen molar-refractivity contribution in [1.82, 2.24) is 10.2 Å². The molecule has 0 radical (unpaired) electrons. The molecular weight excluding hydrogens is 284 g/mol. The lowest BCUT2D eigenvalue weighted by Crippen LogP contribution is -2.59. The van der Waals surface area contributed by atoms with Crippen LogP contribution in [0.5, 0.6) is 5.75 Å². The third kappa shape index (κ3) is 2.66. The summed E-state index contributed by atoms with van der Waals surface area (Å²) in [6, 6.07) is 7.03. The molecule has 2 amide bonds. The second-order valence-corrected chi connectivity index (χ2v) is 5.30. The van der Waals surface area contributed by atoms with Crippen LogP contribution in [0, 0.1) is 0 Å². The van der Waals surface area contributed by atoms with Crippen molar-refractivity contribution in [1.29, 1.82) is 0 Å². The van der Waals surface area contributed by atoms with Gasteiger partial charge in [-0.05, 0) is 25.0 Å². The monoisotopic (exact) mass is 306 g/mol. The van der Waals surface area contributed by atoms with Crippen LogP contribution in [0.25, 0.3) is 0 Å². The molecule has 1 unspecified atom stereocenters. The van der Waals surface area contributed by atoms with E-state index in [9.17, 15) is 9.59 Å². The van der Waals surface area contributed by atoms with Gasteiger partial charge in [-0.3, -0.25) is 9.59 Å². The molecule has 1 fully saturated rings. The maximum atomic E-state index is 12.9. The van der Waals surface area contributed by atoms with Gasteiger partial charge in [0, 0.05) is 20.7 Å². The Labute approximate surface area is 130 Å². The number of para-hydroxylation sites is 1. The summed E-state index contributed by atoms with van der Waals surface area (Å²) in [5, 5.41) is 2.65. The van der Waals surface area contributed by atoms with Gasteiger partial charge in [0.15, 0.2) is 0 Å². The number of methoxy groups -OCH3 is 2. The molecule has 6 heteroatoms. The SMILES string of the molecule is CNC(=O)C1(COC)CCCN1C(=O)c1ccccc1OC. The first kappa shape index (κ1) is 16.3. The van der Waals surface area contributed by atoms with Crippen molar-refractivity contribution in [2.45, 2.75) is 18.4 Å². The number of carbonyl (C=O) groups is 2. The molecule has 120 valence electrons. The number of benzene rings is 1. The molecule has 1 saturated heterocycles. The number of amides is 2. The van der Waals surface area contributed by atoms with E-state index in [4.69, 9.17) is 9.47 Å². The molecule has 1 atom stereocenters. The molecular formula is C16H22N2O4. The number of likely N-dealkylation sites (tertiary alicyclic amines) is 1. The maximum absolute atomic E-state index is 12.9. The number of likely N-dealkylation sites (N-methyl/N-ethyl adjacent to an activating group) is 1. The van der Waals surface area contributed by atoms with E-state index in [1.54, 1.807) is 36.2 Å². The molecule has 1 heterocycles. The zero-order chi connectivity index (χ0) is 16.2. The molecule has 1 aliphatic rings. The molecule has 1 N–H and O–H groups in total. The summed E-state index contributed by atoms with van der Waals surface area (Å²) in [4.78, 5) is 27.0. The summed E-state index contributed by atoms with van der Waals surface area (Å²) >= 11 is 0. The fourth-order valence-corrected chi connectivity index (χ4v) is 3.06. The number of hydrogen-bond acceptors (Lipinski definition) is 4. The van der Waals surface area contributed by atoms with Crippen LogP contribution in [0.4, 0.5) is 0 Å². The van der Waals surface area contributed by atoms with E-state index in [-0.39, 0.29) is 18.4 Å². The van der Waals surface area contributed by atoms with Crippen LogP contribution in [0.3, 0.4) is 0 Å². The third-order valence-corrected chi connectivity index (χ3v) is 4.10. The van der Waals surface area contributed by atoms with E-state index in [0.717, 1.165) is 6.42 Å². The Morgan fingerprint density at radius 1 is 1.32 bits per heavy atom. The Morgan fingerprint density at radius 3 is 2.68 bits per heavy atom. The summed E-state index contributed by atoms with van der Waals surface area (Å²) in [6.45, 7) is 0.696. The van der Waals surface area contributed by atoms with Crippen LogP contribution >= 0.6 is 0 Å². The Kier molecular flexibility index (Phi) is 5.03. The van der Waals surface area contributed by atoms with Crippen LogP contribution < -0.4 is 10.1 Å². The average Bonchev–Trinajstić information content (AvgIpc) is 2.98. The number of carbonyl (C=O) groups excluding carboxylic acids is 2. The molecule has 0 bridgehead atoms. The van der Waals surface area contributed by atoms with Crippen molar-refractivity contribution >= 4 is 11.8 Å². The van der Waals surface area contributed by atoms with Gasteiger partial charge in [-0.2, -0.15) is 0 Å². The molecule has 0 aliphatic carbocycles. The van der Waals surface area contributed by atoms with Gasteiger partial charge in [0.2, 0.25) is 5.91 Å². The molecule has 22 heavy (non-hydrogen) atoms. The van der Waals surface area contributed by atoms with E-state index in [2.05, 4.69) is 5.32 Å². The van der Waals surface area contributed by atoms with E-state index in [1.165, 1.54) is 14.2 Å². The Bertz CT molecular complexity index is 561. The van der Waals surface area contributed by atoms with Crippen LogP contribution in [0.15, 0.2) is 24.3 Å². The minimum absolute atomic E-state index is 0.174. The molecule has 0 spiro atoms. The third-order valence-electron chi connectivity index (χ3n) is 4.10. The quantitative estimate of drug-likeness (QED) is 0.883. The number of rotatable bonds is 5. The second kappa shape index (κ2) is 6.79. The van der Waals surface area contributed by atoms with Crippen molar-refractivity contribution in [2.24, 2.45) is 0 Å². The number of nitrogens with zero attached hydrogens (tertiary/aromatic N) is 1. The maximum Gasteiger partial charge on any atom is 0.258 e. The zero-order valence-electron chi connectivity index (χ0n) is 13.2. The topological polar surface area (TPSA) is 67.9 Å². The Balaban J connectivity index is 2.40. The lowest BCUT2D eigenvalue weighted by atomic mass is 9.95. The first-order valence-corrected chi connectivity index (χ1v) is 7.27. The molecule has 0 saturated carbocycles. The molecule has 1 aromatic carbocycles. The highest BCUT2D eigenvalue weighted by Crippen LogP contribution is 2.33. The molecule has 6 nitrogen and oxygen atoms in total. The average molecular weight is 306 g/mol. The standard InChI is InChI=1S/C16H22N2O4/c1-17-15(20)16(11-21-2)9-6-10-18(16)14(19)12-7-4-5-8-13(12)22-3/h4-5,7-8H,6,9-11H2,1-3H3,(H,17,20). The summed E-state index contributed by atoms with van der Waals surface area (Å²) in [5.74, 6) is 0.0910. The van der Waals surface area contributed by atoms with Gasteiger partial charge in [-0.1, -0.05) is 12.1 Å². The summed E-state index contributed by atoms with van der Waals surface area (Å²) in [5.41, 5.74) is -0.502. The van der Waals surface area contributed by atoms with Crippen LogP contribution in [0.1, 0.15) is 23.2 Å². The number of hydrogen-bond donors (Lipinski definition) is 1. The van der Waals surface area contributed by atoms with Gasteiger partial charge in [-0.25, -0.2) is 0 Å². The van der Waals surface area contributed by atoms with Gasteiger partial charge >= 0.3 is 0 Å². The fraction of sp³-hybridized carbons (Fsp3) is 0.500.